The molecule has 0 spiro atoms. The lowest BCUT2D eigenvalue weighted by Crippen LogP contribution is -2.42. The molecule has 0 bridgehead atoms. The summed E-state index contributed by atoms with van der Waals surface area (Å²) >= 11 is 0. The molecule has 4 aromatic carbocycles. The molecule has 4 aromatic rings. The number of carbonyl (C=O) groups excluding carboxylic acids is 3. The van der Waals surface area contributed by atoms with Crippen LogP contribution in [0.5, 0.6) is 0 Å². The van der Waals surface area contributed by atoms with Crippen molar-refractivity contribution in [3.63, 3.8) is 0 Å². The standard InChI is InChI=1S/C39H42N2O5/c1-3-4-11-27-17-19-28(20-18-27)29-21-23-30(24-22-29)37(42)40-25-10-9-16-36(38(43)45-2)41-39(44)46-26-35-33-14-7-5-12-31(33)32-13-6-8-15-34(32)35/h5-8,12-15,17-24,35-36H,3-4,9-11,16,25-26H2,1-2H3,(H,40,42)(H,41,44)/t36-/m0/s1. The van der Waals surface area contributed by atoms with Crippen LogP contribution in [0.3, 0.4) is 0 Å². The molecule has 46 heavy (non-hydrogen) atoms. The lowest BCUT2D eigenvalue weighted by Gasteiger charge is -2.18. The van der Waals surface area contributed by atoms with Crippen molar-refractivity contribution in [3.05, 3.63) is 119 Å². The summed E-state index contributed by atoms with van der Waals surface area (Å²) in [5.41, 5.74) is 8.65. The predicted molar refractivity (Wildman–Crippen MR) is 181 cm³/mol. The largest absolute Gasteiger partial charge is 0.467 e. The average Bonchev–Trinajstić information content (AvgIpc) is 3.42. The zero-order valence-electron chi connectivity index (χ0n) is 26.6. The molecule has 238 valence electrons. The summed E-state index contributed by atoms with van der Waals surface area (Å²) in [7, 11) is 1.29. The van der Waals surface area contributed by atoms with E-state index in [-0.39, 0.29) is 18.4 Å². The quantitative estimate of drug-likeness (QED) is 0.112. The molecule has 2 N–H and O–H groups in total. The number of carbonyl (C=O) groups is 3. The lowest BCUT2D eigenvalue weighted by atomic mass is 9.98. The number of fused-ring (bicyclic) bond motifs is 3. The third kappa shape index (κ3) is 8.02. The van der Waals surface area contributed by atoms with Gasteiger partial charge in [0.05, 0.1) is 7.11 Å². The molecule has 2 amide bonds. The van der Waals surface area contributed by atoms with Gasteiger partial charge in [-0.1, -0.05) is 98.3 Å². The SMILES string of the molecule is CCCCc1ccc(-c2ccc(C(=O)NCCCC[C@H](NC(=O)OCC3c4ccccc4-c4ccccc43)C(=O)OC)cc2)cc1. The van der Waals surface area contributed by atoms with Gasteiger partial charge in [0.25, 0.3) is 5.91 Å². The number of unbranched alkanes of at least 4 members (excludes halogenated alkanes) is 2. The van der Waals surface area contributed by atoms with E-state index >= 15 is 0 Å². The number of alkyl carbamates (subject to hydrolysis) is 1. The van der Waals surface area contributed by atoms with Gasteiger partial charge in [0.15, 0.2) is 0 Å². The minimum absolute atomic E-state index is 0.0728. The van der Waals surface area contributed by atoms with E-state index in [1.54, 1.807) is 0 Å². The van der Waals surface area contributed by atoms with Crippen LogP contribution in [-0.2, 0) is 20.7 Å². The predicted octanol–water partition coefficient (Wildman–Crippen LogP) is 7.68. The number of hydrogen-bond acceptors (Lipinski definition) is 5. The Balaban J connectivity index is 1.05. The summed E-state index contributed by atoms with van der Waals surface area (Å²) < 4.78 is 10.5. The number of methoxy groups -OCH3 is 1. The fourth-order valence-electron chi connectivity index (χ4n) is 6.01. The van der Waals surface area contributed by atoms with Crippen LogP contribution < -0.4 is 10.6 Å². The van der Waals surface area contributed by atoms with Gasteiger partial charge >= 0.3 is 12.1 Å². The van der Waals surface area contributed by atoms with Gasteiger partial charge in [-0.3, -0.25) is 4.79 Å². The Morgan fingerprint density at radius 3 is 1.98 bits per heavy atom. The molecule has 1 aliphatic carbocycles. The smallest absolute Gasteiger partial charge is 0.407 e. The van der Waals surface area contributed by atoms with Gasteiger partial charge in [0.1, 0.15) is 12.6 Å². The van der Waals surface area contributed by atoms with E-state index < -0.39 is 18.1 Å². The Hall–Kier alpha value is -4.91. The Morgan fingerprint density at radius 1 is 0.761 bits per heavy atom. The third-order valence-corrected chi connectivity index (χ3v) is 8.58. The van der Waals surface area contributed by atoms with Crippen molar-refractivity contribution in [3.8, 4) is 22.3 Å². The molecule has 1 aliphatic rings. The second-order valence-corrected chi connectivity index (χ2v) is 11.7. The zero-order valence-corrected chi connectivity index (χ0v) is 26.6. The Bertz CT molecular complexity index is 1590. The Morgan fingerprint density at radius 2 is 1.37 bits per heavy atom. The number of esters is 1. The summed E-state index contributed by atoms with van der Waals surface area (Å²) in [6.45, 7) is 2.80. The average molecular weight is 619 g/mol. The molecule has 0 radical (unpaired) electrons. The van der Waals surface area contributed by atoms with Crippen LogP contribution in [0.15, 0.2) is 97.1 Å². The molecular formula is C39H42N2O5. The normalized spacial score (nSPS) is 12.5. The van der Waals surface area contributed by atoms with Crippen LogP contribution in [0.2, 0.25) is 0 Å². The summed E-state index contributed by atoms with van der Waals surface area (Å²) in [6.07, 6.45) is 4.38. The molecule has 7 heteroatoms. The van der Waals surface area contributed by atoms with Gasteiger partial charge in [-0.05, 0) is 83.2 Å². The number of amides is 2. The van der Waals surface area contributed by atoms with Crippen molar-refractivity contribution in [1.82, 2.24) is 10.6 Å². The van der Waals surface area contributed by atoms with Crippen LogP contribution in [0.1, 0.15) is 72.0 Å². The molecule has 0 aliphatic heterocycles. The van der Waals surface area contributed by atoms with Crippen LogP contribution in [0.4, 0.5) is 4.79 Å². The Kier molecular flexibility index (Phi) is 11.2. The Labute approximate surface area is 271 Å². The van der Waals surface area contributed by atoms with Gasteiger partial charge in [-0.15, -0.1) is 0 Å². The number of benzene rings is 4. The number of ether oxygens (including phenoxy) is 2. The highest BCUT2D eigenvalue weighted by molar-refractivity contribution is 5.94. The third-order valence-electron chi connectivity index (χ3n) is 8.58. The maximum absolute atomic E-state index is 12.8. The highest BCUT2D eigenvalue weighted by Gasteiger charge is 2.30. The molecule has 0 fully saturated rings. The summed E-state index contributed by atoms with van der Waals surface area (Å²) in [4.78, 5) is 37.9. The van der Waals surface area contributed by atoms with Crippen molar-refractivity contribution in [2.24, 2.45) is 0 Å². The highest BCUT2D eigenvalue weighted by Crippen LogP contribution is 2.44. The van der Waals surface area contributed by atoms with Crippen molar-refractivity contribution in [2.45, 2.75) is 57.4 Å². The molecular weight excluding hydrogens is 576 g/mol. The minimum atomic E-state index is -0.843. The first-order chi connectivity index (χ1) is 22.5. The van der Waals surface area contributed by atoms with Crippen molar-refractivity contribution >= 4 is 18.0 Å². The molecule has 0 aromatic heterocycles. The van der Waals surface area contributed by atoms with Gasteiger partial charge in [0, 0.05) is 18.0 Å². The fraction of sp³-hybridized carbons (Fsp3) is 0.308. The molecule has 0 saturated carbocycles. The second-order valence-electron chi connectivity index (χ2n) is 11.7. The van der Waals surface area contributed by atoms with Gasteiger partial charge in [-0.2, -0.15) is 0 Å². The topological polar surface area (TPSA) is 93.7 Å². The second kappa shape index (κ2) is 15.9. The fourth-order valence-corrected chi connectivity index (χ4v) is 6.01. The first kappa shape index (κ1) is 32.5. The summed E-state index contributed by atoms with van der Waals surface area (Å²) in [5, 5.41) is 5.62. The summed E-state index contributed by atoms with van der Waals surface area (Å²) in [5.74, 6) is -0.757. The number of nitrogens with one attached hydrogen (secondary N) is 2. The van der Waals surface area contributed by atoms with Crippen LogP contribution in [0.25, 0.3) is 22.3 Å². The molecule has 1 atom stereocenters. The maximum atomic E-state index is 12.8. The van der Waals surface area contributed by atoms with E-state index in [0.29, 0.717) is 31.4 Å². The van der Waals surface area contributed by atoms with E-state index in [9.17, 15) is 14.4 Å². The van der Waals surface area contributed by atoms with E-state index in [2.05, 4.69) is 66.1 Å². The van der Waals surface area contributed by atoms with E-state index in [0.717, 1.165) is 39.8 Å². The van der Waals surface area contributed by atoms with Gasteiger partial charge in [-0.25, -0.2) is 9.59 Å². The van der Waals surface area contributed by atoms with Gasteiger partial charge < -0.3 is 20.1 Å². The molecule has 0 heterocycles. The first-order valence-electron chi connectivity index (χ1n) is 16.2. The molecule has 7 nitrogen and oxygen atoms in total. The van der Waals surface area contributed by atoms with Crippen molar-refractivity contribution < 1.29 is 23.9 Å². The number of aryl methyl sites for hydroxylation is 1. The monoisotopic (exact) mass is 618 g/mol. The zero-order chi connectivity index (χ0) is 32.3. The highest BCUT2D eigenvalue weighted by atomic mass is 16.6. The number of rotatable bonds is 14. The van der Waals surface area contributed by atoms with Crippen LogP contribution in [-0.4, -0.2) is 44.3 Å². The molecule has 0 unspecified atom stereocenters. The van der Waals surface area contributed by atoms with E-state index in [1.807, 2.05) is 48.5 Å². The molecule has 0 saturated heterocycles. The number of hydrogen-bond donors (Lipinski definition) is 2. The van der Waals surface area contributed by atoms with Crippen molar-refractivity contribution in [2.75, 3.05) is 20.3 Å². The first-order valence-corrected chi connectivity index (χ1v) is 16.2. The van der Waals surface area contributed by atoms with E-state index in [4.69, 9.17) is 9.47 Å². The van der Waals surface area contributed by atoms with Crippen LogP contribution in [0, 0.1) is 0 Å². The lowest BCUT2D eigenvalue weighted by molar-refractivity contribution is -0.143. The summed E-state index contributed by atoms with van der Waals surface area (Å²) in [6, 6.07) is 31.6. The minimum Gasteiger partial charge on any atom is -0.467 e. The maximum Gasteiger partial charge on any atom is 0.407 e. The van der Waals surface area contributed by atoms with E-state index in [1.165, 1.54) is 25.5 Å². The molecule has 5 rings (SSSR count). The van der Waals surface area contributed by atoms with Gasteiger partial charge in [0.2, 0.25) is 0 Å². The van der Waals surface area contributed by atoms with Crippen molar-refractivity contribution in [1.29, 1.82) is 0 Å². The van der Waals surface area contributed by atoms with Crippen LogP contribution >= 0.6 is 0 Å².